The van der Waals surface area contributed by atoms with Gasteiger partial charge in [0.25, 0.3) is 0 Å². The highest BCUT2D eigenvalue weighted by atomic mass is 16.4. The number of carboxylic acids is 1. The molecule has 3 heteroatoms. The van der Waals surface area contributed by atoms with Crippen molar-refractivity contribution in [2.75, 3.05) is 11.4 Å². The zero-order valence-corrected chi connectivity index (χ0v) is 8.03. The minimum Gasteiger partial charge on any atom is -0.480 e. The first-order valence-corrected chi connectivity index (χ1v) is 4.73. The number of carbonyl (C=O) groups is 1. The van der Waals surface area contributed by atoms with Crippen molar-refractivity contribution >= 4 is 11.7 Å². The third kappa shape index (κ3) is 1.25. The molecule has 0 saturated carbocycles. The molecule has 1 aliphatic heterocycles. The Hall–Kier alpha value is -1.51. The molecule has 2 rings (SSSR count). The molecule has 3 nitrogen and oxygen atoms in total. The summed E-state index contributed by atoms with van der Waals surface area (Å²) < 4.78 is 0. The normalized spacial score (nSPS) is 19.5. The van der Waals surface area contributed by atoms with E-state index < -0.39 is 12.0 Å². The molecule has 1 aromatic carbocycles. The van der Waals surface area contributed by atoms with Crippen molar-refractivity contribution in [1.29, 1.82) is 0 Å². The summed E-state index contributed by atoms with van der Waals surface area (Å²) in [5, 5.41) is 9.03. The first-order valence-electron chi connectivity index (χ1n) is 4.73. The lowest BCUT2D eigenvalue weighted by atomic mass is 10.1. The van der Waals surface area contributed by atoms with Gasteiger partial charge in [0.05, 0.1) is 0 Å². The van der Waals surface area contributed by atoms with Gasteiger partial charge in [0.15, 0.2) is 0 Å². The van der Waals surface area contributed by atoms with Crippen LogP contribution in [0.15, 0.2) is 18.2 Å². The van der Waals surface area contributed by atoms with Crippen LogP contribution in [0.4, 0.5) is 5.69 Å². The van der Waals surface area contributed by atoms with Gasteiger partial charge < -0.3 is 10.0 Å². The fourth-order valence-corrected chi connectivity index (χ4v) is 1.98. The predicted molar refractivity (Wildman–Crippen MR) is 53.4 cm³/mol. The van der Waals surface area contributed by atoms with Crippen LogP contribution in [0.2, 0.25) is 0 Å². The Bertz CT molecular complexity index is 362. The summed E-state index contributed by atoms with van der Waals surface area (Å²) in [4.78, 5) is 12.9. The van der Waals surface area contributed by atoms with Gasteiger partial charge in [-0.1, -0.05) is 12.1 Å². The minimum atomic E-state index is -0.753. The molecule has 0 amide bonds. The standard InChI is InChI=1S/C11H12NO2/c1-2-12-9-6-4-3-5-8(9)7-10(12)11(13)14/h3-4,6,10H,2,7H2,1H3,(H,13,14). The summed E-state index contributed by atoms with van der Waals surface area (Å²) >= 11 is 0. The van der Waals surface area contributed by atoms with Crippen LogP contribution in [0.5, 0.6) is 0 Å². The molecule has 0 bridgehead atoms. The molecule has 1 N–H and O–H groups in total. The first-order chi connectivity index (χ1) is 6.74. The maximum Gasteiger partial charge on any atom is 0.326 e. The van der Waals surface area contributed by atoms with Crippen LogP contribution in [0.1, 0.15) is 12.5 Å². The Labute approximate surface area is 83.0 Å². The second-order valence-corrected chi connectivity index (χ2v) is 3.38. The summed E-state index contributed by atoms with van der Waals surface area (Å²) in [6.45, 7) is 2.69. The van der Waals surface area contributed by atoms with Gasteiger partial charge in [0.1, 0.15) is 6.04 Å². The molecule has 1 unspecified atom stereocenters. The number of likely N-dealkylation sites (N-methyl/N-ethyl adjacent to an activating group) is 1. The number of nitrogens with zero attached hydrogens (tertiary/aromatic N) is 1. The number of benzene rings is 1. The van der Waals surface area contributed by atoms with Gasteiger partial charge in [-0.15, -0.1) is 0 Å². The second-order valence-electron chi connectivity index (χ2n) is 3.38. The number of hydrogen-bond donors (Lipinski definition) is 1. The third-order valence-corrected chi connectivity index (χ3v) is 2.63. The van der Waals surface area contributed by atoms with Crippen molar-refractivity contribution in [3.8, 4) is 0 Å². The third-order valence-electron chi connectivity index (χ3n) is 2.63. The fraction of sp³-hybridized carbons (Fsp3) is 0.364. The van der Waals surface area contributed by atoms with Crippen LogP contribution in [0, 0.1) is 6.07 Å². The molecule has 0 spiro atoms. The molecule has 1 aliphatic rings. The van der Waals surface area contributed by atoms with Crippen LogP contribution in [-0.4, -0.2) is 23.7 Å². The molecule has 1 atom stereocenters. The van der Waals surface area contributed by atoms with Gasteiger partial charge in [-0.2, -0.15) is 0 Å². The van der Waals surface area contributed by atoms with E-state index in [1.165, 1.54) is 0 Å². The molecule has 0 fully saturated rings. The van der Waals surface area contributed by atoms with E-state index in [2.05, 4.69) is 6.07 Å². The van der Waals surface area contributed by atoms with Crippen LogP contribution in [-0.2, 0) is 11.2 Å². The first kappa shape index (κ1) is 9.06. The zero-order chi connectivity index (χ0) is 10.1. The minimum absolute atomic E-state index is 0.409. The van der Waals surface area contributed by atoms with Crippen LogP contribution >= 0.6 is 0 Å². The Morgan fingerprint density at radius 2 is 2.57 bits per heavy atom. The molecule has 1 heterocycles. The molecular formula is C11H12NO2. The summed E-state index contributed by atoms with van der Waals surface area (Å²) in [6, 6.07) is 8.37. The van der Waals surface area contributed by atoms with Crippen LogP contribution < -0.4 is 4.90 Å². The zero-order valence-electron chi connectivity index (χ0n) is 8.03. The Balaban J connectivity index is 2.38. The lowest BCUT2D eigenvalue weighted by Crippen LogP contribution is -2.38. The van der Waals surface area contributed by atoms with Crippen LogP contribution in [0.3, 0.4) is 0 Å². The molecule has 1 radical (unpaired) electrons. The Kier molecular flexibility index (Phi) is 2.15. The average molecular weight is 190 g/mol. The Morgan fingerprint density at radius 3 is 3.21 bits per heavy atom. The van der Waals surface area contributed by atoms with E-state index in [0.29, 0.717) is 6.42 Å². The van der Waals surface area contributed by atoms with Gasteiger partial charge >= 0.3 is 5.97 Å². The van der Waals surface area contributed by atoms with E-state index in [1.54, 1.807) is 0 Å². The monoisotopic (exact) mass is 190 g/mol. The van der Waals surface area contributed by atoms with Crippen molar-refractivity contribution in [2.24, 2.45) is 0 Å². The Morgan fingerprint density at radius 1 is 1.79 bits per heavy atom. The quantitative estimate of drug-likeness (QED) is 0.764. The molecular weight excluding hydrogens is 178 g/mol. The fourth-order valence-electron chi connectivity index (χ4n) is 1.98. The van der Waals surface area contributed by atoms with E-state index >= 15 is 0 Å². The SMILES string of the molecule is CCN1c2ccc[c]c2CC1C(=O)O. The summed E-state index contributed by atoms with van der Waals surface area (Å²) in [5.41, 5.74) is 2.03. The largest absolute Gasteiger partial charge is 0.480 e. The van der Waals surface area contributed by atoms with Crippen molar-refractivity contribution in [2.45, 2.75) is 19.4 Å². The van der Waals surface area contributed by atoms with E-state index in [0.717, 1.165) is 17.8 Å². The molecule has 0 saturated heterocycles. The molecule has 14 heavy (non-hydrogen) atoms. The second kappa shape index (κ2) is 3.33. The van der Waals surface area contributed by atoms with Crippen molar-refractivity contribution in [3.05, 3.63) is 29.8 Å². The van der Waals surface area contributed by atoms with Crippen molar-refractivity contribution < 1.29 is 9.90 Å². The van der Waals surface area contributed by atoms with Gasteiger partial charge in [0.2, 0.25) is 0 Å². The van der Waals surface area contributed by atoms with E-state index in [1.807, 2.05) is 30.0 Å². The lowest BCUT2D eigenvalue weighted by molar-refractivity contribution is -0.138. The highest BCUT2D eigenvalue weighted by Crippen LogP contribution is 2.31. The van der Waals surface area contributed by atoms with Crippen LogP contribution in [0.25, 0.3) is 0 Å². The summed E-state index contributed by atoms with van der Waals surface area (Å²) in [5.74, 6) is -0.753. The van der Waals surface area contributed by atoms with Gasteiger partial charge in [-0.05, 0) is 24.6 Å². The maximum atomic E-state index is 11.0. The van der Waals surface area contributed by atoms with Crippen molar-refractivity contribution in [1.82, 2.24) is 0 Å². The molecule has 1 aromatic rings. The molecule has 0 aliphatic carbocycles. The van der Waals surface area contributed by atoms with Gasteiger partial charge in [0, 0.05) is 18.7 Å². The smallest absolute Gasteiger partial charge is 0.326 e. The van der Waals surface area contributed by atoms with Gasteiger partial charge in [-0.25, -0.2) is 4.79 Å². The lowest BCUT2D eigenvalue weighted by Gasteiger charge is -2.22. The summed E-state index contributed by atoms with van der Waals surface area (Å²) in [6.07, 6.45) is 0.569. The van der Waals surface area contributed by atoms with E-state index in [9.17, 15) is 4.79 Å². The number of fused-ring (bicyclic) bond motifs is 1. The van der Waals surface area contributed by atoms with Gasteiger partial charge in [-0.3, -0.25) is 0 Å². The van der Waals surface area contributed by atoms with E-state index in [4.69, 9.17) is 5.11 Å². The van der Waals surface area contributed by atoms with Crippen molar-refractivity contribution in [3.63, 3.8) is 0 Å². The maximum absolute atomic E-state index is 11.0. The number of carboxylic acid groups (broad SMARTS) is 1. The predicted octanol–water partition coefficient (Wildman–Crippen LogP) is 1.32. The number of aliphatic carboxylic acids is 1. The highest BCUT2D eigenvalue weighted by molar-refractivity contribution is 5.82. The molecule has 0 aromatic heterocycles. The molecule has 73 valence electrons. The number of rotatable bonds is 2. The average Bonchev–Trinajstić information content (AvgIpc) is 2.56. The topological polar surface area (TPSA) is 40.5 Å². The summed E-state index contributed by atoms with van der Waals surface area (Å²) in [7, 11) is 0. The van der Waals surface area contributed by atoms with E-state index in [-0.39, 0.29) is 0 Å². The highest BCUT2D eigenvalue weighted by Gasteiger charge is 2.32. The number of anilines is 1. The number of hydrogen-bond acceptors (Lipinski definition) is 2.